The first-order chi connectivity index (χ1) is 13.1. The summed E-state index contributed by atoms with van der Waals surface area (Å²) in [6.07, 6.45) is -3.57. The van der Waals surface area contributed by atoms with E-state index in [4.69, 9.17) is 5.53 Å². The number of hydrogen-bond donors (Lipinski definition) is 0. The van der Waals surface area contributed by atoms with Crippen molar-refractivity contribution in [3.8, 4) is 0 Å². The number of halogens is 3. The Morgan fingerprint density at radius 1 is 1.07 bits per heavy atom. The van der Waals surface area contributed by atoms with Crippen LogP contribution >= 0.6 is 11.8 Å². The van der Waals surface area contributed by atoms with Gasteiger partial charge in [-0.2, -0.15) is 13.2 Å². The van der Waals surface area contributed by atoms with E-state index in [1.165, 1.54) is 23.9 Å². The molecule has 2 aromatic rings. The van der Waals surface area contributed by atoms with Crippen LogP contribution in [0.1, 0.15) is 12.0 Å². The molecule has 0 aliphatic carbocycles. The molecule has 1 aliphatic heterocycles. The summed E-state index contributed by atoms with van der Waals surface area (Å²) in [5.74, 6) is 0. The van der Waals surface area contributed by atoms with Crippen molar-refractivity contribution in [3.05, 3.63) is 52.4 Å². The maximum Gasteiger partial charge on any atom is 0.416 e. The van der Waals surface area contributed by atoms with Gasteiger partial charge < -0.3 is 9.38 Å². The highest BCUT2D eigenvalue weighted by Gasteiger charge is 2.33. The third kappa shape index (κ3) is 4.55. The van der Waals surface area contributed by atoms with Crippen molar-refractivity contribution < 1.29 is 17.7 Å². The van der Waals surface area contributed by atoms with Crippen LogP contribution in [0.5, 0.6) is 0 Å². The van der Waals surface area contributed by atoms with Crippen molar-refractivity contribution in [2.24, 2.45) is 5.11 Å². The zero-order valence-electron chi connectivity index (χ0n) is 15.9. The molecule has 1 aliphatic rings. The molecule has 28 heavy (non-hydrogen) atoms. The van der Waals surface area contributed by atoms with Crippen LogP contribution in [-0.4, -0.2) is 38.7 Å². The molecule has 5 nitrogen and oxygen atoms in total. The van der Waals surface area contributed by atoms with Gasteiger partial charge in [-0.1, -0.05) is 22.9 Å². The van der Waals surface area contributed by atoms with Crippen molar-refractivity contribution in [2.75, 3.05) is 39.1 Å². The molecule has 0 radical (unpaired) electrons. The van der Waals surface area contributed by atoms with Crippen LogP contribution in [0.3, 0.4) is 0 Å². The number of alkyl halides is 3. The van der Waals surface area contributed by atoms with Crippen LogP contribution in [0, 0.1) is 0 Å². The Bertz CT molecular complexity index is 930. The van der Waals surface area contributed by atoms with E-state index in [1.54, 1.807) is 12.1 Å². The van der Waals surface area contributed by atoms with E-state index in [9.17, 15) is 13.2 Å². The fourth-order valence-electron chi connectivity index (χ4n) is 3.10. The van der Waals surface area contributed by atoms with E-state index >= 15 is 0 Å². The summed E-state index contributed by atoms with van der Waals surface area (Å²) in [6.45, 7) is 1.49. The molecule has 148 valence electrons. The number of anilines is 2. The van der Waals surface area contributed by atoms with Gasteiger partial charge in [-0.3, -0.25) is 0 Å². The van der Waals surface area contributed by atoms with Gasteiger partial charge in [0.2, 0.25) is 0 Å². The smallest absolute Gasteiger partial charge is 0.339 e. The van der Waals surface area contributed by atoms with Gasteiger partial charge in [0.05, 0.1) is 44.6 Å². The second-order valence-corrected chi connectivity index (χ2v) is 8.73. The highest BCUT2D eigenvalue weighted by Crippen LogP contribution is 2.50. The molecule has 0 bridgehead atoms. The van der Waals surface area contributed by atoms with E-state index in [-0.39, 0.29) is 0 Å². The number of benzene rings is 2. The monoisotopic (exact) mass is 408 g/mol. The molecule has 0 N–H and O–H groups in total. The molecule has 9 heteroatoms. The van der Waals surface area contributed by atoms with Gasteiger partial charge >= 0.3 is 6.18 Å². The SMILES string of the molecule is C[N+](C)(C)CCCN1c2ccc(N=[N+]=[N-])cc2Sc2ccc(C(F)(F)F)cc21. The van der Waals surface area contributed by atoms with E-state index < -0.39 is 11.7 Å². The Labute approximate surface area is 166 Å². The first-order valence-electron chi connectivity index (χ1n) is 8.75. The summed E-state index contributed by atoms with van der Waals surface area (Å²) in [7, 11) is 6.26. The number of quaternary nitrogens is 1. The molecule has 3 rings (SSSR count). The Morgan fingerprint density at radius 2 is 1.82 bits per heavy atom. The van der Waals surface area contributed by atoms with Crippen LogP contribution in [0.15, 0.2) is 51.3 Å². The summed E-state index contributed by atoms with van der Waals surface area (Å²) in [4.78, 5) is 6.36. The second kappa shape index (κ2) is 7.58. The van der Waals surface area contributed by atoms with Gasteiger partial charge in [-0.25, -0.2) is 0 Å². The summed E-state index contributed by atoms with van der Waals surface area (Å²) in [5.41, 5.74) is 9.88. The average molecular weight is 408 g/mol. The van der Waals surface area contributed by atoms with Crippen LogP contribution in [0.4, 0.5) is 30.2 Å². The largest absolute Gasteiger partial charge is 0.416 e. The predicted octanol–water partition coefficient (Wildman–Crippen LogP) is 6.35. The molecule has 0 atom stereocenters. The van der Waals surface area contributed by atoms with Gasteiger partial charge in [0.1, 0.15) is 0 Å². The Morgan fingerprint density at radius 3 is 2.46 bits per heavy atom. The fourth-order valence-corrected chi connectivity index (χ4v) is 4.21. The van der Waals surface area contributed by atoms with Gasteiger partial charge in [0.25, 0.3) is 0 Å². The molecule has 1 heterocycles. The maximum atomic E-state index is 13.3. The standard InChI is InChI=1S/C19H21F3N5S/c1-27(2,3)10-4-9-26-15-7-6-14(24-25-23)12-18(15)28-17-8-5-13(11-16(17)26)19(20,21)22/h5-8,11-12H,4,9-10H2,1-3H3/q+1. The van der Waals surface area contributed by atoms with E-state index in [2.05, 4.69) is 31.2 Å². The number of hydrogen-bond acceptors (Lipinski definition) is 3. The molecule has 0 fully saturated rings. The molecule has 0 spiro atoms. The highest BCUT2D eigenvalue weighted by molar-refractivity contribution is 7.99. The topological polar surface area (TPSA) is 52.0 Å². The minimum absolute atomic E-state index is 0.482. The Kier molecular flexibility index (Phi) is 5.52. The summed E-state index contributed by atoms with van der Waals surface area (Å²) in [5, 5.41) is 3.63. The minimum Gasteiger partial charge on any atom is -0.339 e. The normalized spacial score (nSPS) is 13.6. The van der Waals surface area contributed by atoms with Gasteiger partial charge in [-0.05, 0) is 35.9 Å². The number of azide groups is 1. The zero-order chi connectivity index (χ0) is 20.5. The lowest BCUT2D eigenvalue weighted by Crippen LogP contribution is -2.37. The van der Waals surface area contributed by atoms with Gasteiger partial charge in [0, 0.05) is 33.4 Å². The first-order valence-corrected chi connectivity index (χ1v) is 9.56. The Balaban J connectivity index is 2.03. The summed E-state index contributed by atoms with van der Waals surface area (Å²) in [6, 6.07) is 9.11. The second-order valence-electron chi connectivity index (χ2n) is 7.64. The molecular formula is C19H21F3N5S+. The van der Waals surface area contributed by atoms with Crippen LogP contribution < -0.4 is 4.90 Å². The van der Waals surface area contributed by atoms with E-state index in [0.29, 0.717) is 17.9 Å². The van der Waals surface area contributed by atoms with Crippen molar-refractivity contribution in [3.63, 3.8) is 0 Å². The first kappa shape index (κ1) is 20.4. The average Bonchev–Trinajstić information content (AvgIpc) is 2.59. The molecule has 2 aromatic carbocycles. The molecule has 0 aromatic heterocycles. The summed E-state index contributed by atoms with van der Waals surface area (Å²) >= 11 is 1.39. The molecule has 0 amide bonds. The molecule has 0 unspecified atom stereocenters. The van der Waals surface area contributed by atoms with Gasteiger partial charge in [0.15, 0.2) is 0 Å². The molecule has 0 saturated heterocycles. The Hall–Kier alpha value is -2.35. The van der Waals surface area contributed by atoms with Crippen molar-refractivity contribution in [2.45, 2.75) is 22.4 Å². The van der Waals surface area contributed by atoms with Crippen LogP contribution in [0.2, 0.25) is 0 Å². The van der Waals surface area contributed by atoms with Crippen molar-refractivity contribution in [1.82, 2.24) is 0 Å². The van der Waals surface area contributed by atoms with Gasteiger partial charge in [-0.15, -0.1) is 0 Å². The lowest BCUT2D eigenvalue weighted by Gasteiger charge is -2.34. The maximum absolute atomic E-state index is 13.3. The number of fused-ring (bicyclic) bond motifs is 2. The highest BCUT2D eigenvalue weighted by atomic mass is 32.2. The molecular weight excluding hydrogens is 387 g/mol. The van der Waals surface area contributed by atoms with Crippen LogP contribution in [-0.2, 0) is 6.18 Å². The predicted molar refractivity (Wildman–Crippen MR) is 105 cm³/mol. The van der Waals surface area contributed by atoms with E-state index in [1.807, 2.05) is 11.0 Å². The molecule has 0 saturated carbocycles. The lowest BCUT2D eigenvalue weighted by atomic mass is 10.1. The van der Waals surface area contributed by atoms with Crippen molar-refractivity contribution >= 4 is 28.8 Å². The quantitative estimate of drug-likeness (QED) is 0.251. The zero-order valence-corrected chi connectivity index (χ0v) is 16.7. The minimum atomic E-state index is -4.39. The van der Waals surface area contributed by atoms with E-state index in [0.717, 1.165) is 39.0 Å². The number of nitrogens with zero attached hydrogens (tertiary/aromatic N) is 5. The fraction of sp³-hybridized carbons (Fsp3) is 0.368. The third-order valence-corrected chi connectivity index (χ3v) is 5.51. The number of rotatable bonds is 5. The van der Waals surface area contributed by atoms with Crippen LogP contribution in [0.25, 0.3) is 10.4 Å². The summed E-state index contributed by atoms with van der Waals surface area (Å²) < 4.78 is 40.5. The van der Waals surface area contributed by atoms with Crippen molar-refractivity contribution in [1.29, 1.82) is 0 Å². The third-order valence-electron chi connectivity index (χ3n) is 4.40. The lowest BCUT2D eigenvalue weighted by molar-refractivity contribution is -0.870.